The first-order valence-electron chi connectivity index (χ1n) is 6.49. The molecule has 0 aliphatic rings. The molecule has 0 aliphatic heterocycles. The Morgan fingerprint density at radius 3 is 2.84 bits per heavy atom. The maximum absolute atomic E-state index is 11.5. The lowest BCUT2D eigenvalue weighted by Crippen LogP contribution is -2.22. The second kappa shape index (κ2) is 8.23. The van der Waals surface area contributed by atoms with Gasteiger partial charge in [0, 0.05) is 6.42 Å². The second-order valence-electron chi connectivity index (χ2n) is 4.39. The number of rotatable bonds is 9. The van der Waals surface area contributed by atoms with Gasteiger partial charge in [-0.15, -0.1) is 5.10 Å². The quantitative estimate of drug-likeness (QED) is 0.650. The van der Waals surface area contributed by atoms with E-state index in [0.717, 1.165) is 25.7 Å². The highest BCUT2D eigenvalue weighted by molar-refractivity contribution is 5.75. The third-order valence-corrected chi connectivity index (χ3v) is 2.61. The summed E-state index contributed by atoms with van der Waals surface area (Å²) < 4.78 is 1.23. The van der Waals surface area contributed by atoms with Gasteiger partial charge in [-0.1, -0.05) is 31.4 Å². The van der Waals surface area contributed by atoms with Crippen molar-refractivity contribution in [1.29, 1.82) is 0 Å². The Labute approximate surface area is 112 Å². The Balaban J connectivity index is 2.22. The summed E-state index contributed by atoms with van der Waals surface area (Å²) in [7, 11) is 0. The highest BCUT2D eigenvalue weighted by atomic mass is 16.4. The van der Waals surface area contributed by atoms with Crippen molar-refractivity contribution >= 4 is 11.9 Å². The predicted molar refractivity (Wildman–Crippen MR) is 68.3 cm³/mol. The molecule has 1 rings (SSSR count). The van der Waals surface area contributed by atoms with Crippen molar-refractivity contribution in [3.63, 3.8) is 0 Å². The molecule has 1 aromatic heterocycles. The molecular formula is C12H20N4O3. The molecule has 0 fully saturated rings. The van der Waals surface area contributed by atoms with Gasteiger partial charge in [-0.05, 0) is 6.42 Å². The van der Waals surface area contributed by atoms with Crippen molar-refractivity contribution in [2.75, 3.05) is 0 Å². The molecule has 106 valence electrons. The lowest BCUT2D eigenvalue weighted by molar-refractivity contribution is -0.138. The topological polar surface area (TPSA) is 97.1 Å². The van der Waals surface area contributed by atoms with E-state index in [-0.39, 0.29) is 19.0 Å². The number of carbonyl (C=O) groups is 2. The molecule has 2 N–H and O–H groups in total. The molecule has 1 amide bonds. The van der Waals surface area contributed by atoms with Crippen LogP contribution in [-0.4, -0.2) is 32.0 Å². The van der Waals surface area contributed by atoms with Crippen molar-refractivity contribution in [3.8, 4) is 0 Å². The number of carboxylic acids is 1. The van der Waals surface area contributed by atoms with Crippen LogP contribution in [0.2, 0.25) is 0 Å². The molecule has 0 atom stereocenters. The number of carbonyl (C=O) groups excluding carboxylic acids is 1. The van der Waals surface area contributed by atoms with Gasteiger partial charge in [-0.2, -0.15) is 0 Å². The monoisotopic (exact) mass is 268 g/mol. The molecule has 0 spiro atoms. The van der Waals surface area contributed by atoms with Gasteiger partial charge in [0.2, 0.25) is 5.91 Å². The number of aliphatic carboxylic acids is 1. The van der Waals surface area contributed by atoms with Crippen molar-refractivity contribution in [1.82, 2.24) is 20.3 Å². The van der Waals surface area contributed by atoms with Gasteiger partial charge >= 0.3 is 5.97 Å². The number of nitrogens with zero attached hydrogens (tertiary/aromatic N) is 3. The Bertz CT molecular complexity index is 417. The van der Waals surface area contributed by atoms with Crippen LogP contribution >= 0.6 is 0 Å². The van der Waals surface area contributed by atoms with Crippen LogP contribution in [0.5, 0.6) is 0 Å². The number of hydrogen-bond acceptors (Lipinski definition) is 4. The fourth-order valence-corrected chi connectivity index (χ4v) is 1.63. The van der Waals surface area contributed by atoms with E-state index in [4.69, 9.17) is 5.11 Å². The van der Waals surface area contributed by atoms with E-state index in [2.05, 4.69) is 22.6 Å². The molecule has 0 bridgehead atoms. The number of amides is 1. The maximum atomic E-state index is 11.5. The highest BCUT2D eigenvalue weighted by Crippen LogP contribution is 2.02. The van der Waals surface area contributed by atoms with Crippen LogP contribution in [0.25, 0.3) is 0 Å². The lowest BCUT2D eigenvalue weighted by Gasteiger charge is -2.02. The zero-order valence-corrected chi connectivity index (χ0v) is 11.1. The molecular weight excluding hydrogens is 248 g/mol. The molecule has 7 nitrogen and oxygen atoms in total. The highest BCUT2D eigenvalue weighted by Gasteiger charge is 2.06. The number of nitrogens with one attached hydrogen (secondary N) is 1. The van der Waals surface area contributed by atoms with E-state index < -0.39 is 5.97 Å². The summed E-state index contributed by atoms with van der Waals surface area (Å²) in [5, 5.41) is 18.8. The van der Waals surface area contributed by atoms with E-state index >= 15 is 0 Å². The molecule has 1 aromatic rings. The summed E-state index contributed by atoms with van der Waals surface area (Å²) in [4.78, 5) is 22.0. The van der Waals surface area contributed by atoms with E-state index in [9.17, 15) is 9.59 Å². The summed E-state index contributed by atoms with van der Waals surface area (Å²) in [5.74, 6) is -0.986. The molecule has 0 saturated carbocycles. The predicted octanol–water partition coefficient (Wildman–Crippen LogP) is 0.949. The molecule has 1 heterocycles. The third kappa shape index (κ3) is 6.54. The minimum absolute atomic E-state index is 0.0103. The van der Waals surface area contributed by atoms with Crippen LogP contribution in [-0.2, 0) is 22.7 Å². The molecule has 0 aromatic carbocycles. The van der Waals surface area contributed by atoms with E-state index in [1.54, 1.807) is 0 Å². The fraction of sp³-hybridized carbons (Fsp3) is 0.667. The summed E-state index contributed by atoms with van der Waals surface area (Å²) >= 11 is 0. The molecule has 0 aliphatic carbocycles. The van der Waals surface area contributed by atoms with Crippen LogP contribution in [0.1, 0.15) is 44.7 Å². The summed E-state index contributed by atoms with van der Waals surface area (Å²) in [6.45, 7) is 2.19. The van der Waals surface area contributed by atoms with Crippen LogP contribution in [0.4, 0.5) is 0 Å². The zero-order valence-electron chi connectivity index (χ0n) is 11.1. The second-order valence-corrected chi connectivity index (χ2v) is 4.39. The summed E-state index contributed by atoms with van der Waals surface area (Å²) in [5.41, 5.74) is 0.558. The van der Waals surface area contributed by atoms with Gasteiger partial charge < -0.3 is 10.4 Å². The molecule has 0 unspecified atom stereocenters. The Hall–Kier alpha value is -1.92. The normalized spacial score (nSPS) is 10.4. The lowest BCUT2D eigenvalue weighted by atomic mass is 10.1. The van der Waals surface area contributed by atoms with Gasteiger partial charge in [0.1, 0.15) is 12.2 Å². The van der Waals surface area contributed by atoms with Crippen molar-refractivity contribution in [2.45, 2.75) is 52.1 Å². The molecule has 0 saturated heterocycles. The number of aromatic nitrogens is 3. The van der Waals surface area contributed by atoms with Crippen molar-refractivity contribution in [3.05, 3.63) is 11.9 Å². The Morgan fingerprint density at radius 2 is 2.16 bits per heavy atom. The average molecular weight is 268 g/mol. The van der Waals surface area contributed by atoms with Crippen LogP contribution in [0.15, 0.2) is 6.20 Å². The molecule has 19 heavy (non-hydrogen) atoms. The third-order valence-electron chi connectivity index (χ3n) is 2.61. The van der Waals surface area contributed by atoms with Gasteiger partial charge in [0.25, 0.3) is 0 Å². The van der Waals surface area contributed by atoms with E-state index in [1.807, 2.05) is 0 Å². The SMILES string of the molecule is CCCCCCC(=O)NCc1cn(CC(=O)O)nn1. The van der Waals surface area contributed by atoms with E-state index in [1.165, 1.54) is 10.9 Å². The first kappa shape index (κ1) is 15.1. The number of carboxylic acid groups (broad SMARTS) is 1. The maximum Gasteiger partial charge on any atom is 0.325 e. The summed E-state index contributed by atoms with van der Waals surface area (Å²) in [6.07, 6.45) is 6.30. The average Bonchev–Trinajstić information content (AvgIpc) is 2.79. The Kier molecular flexibility index (Phi) is 6.56. The van der Waals surface area contributed by atoms with Gasteiger partial charge in [0.05, 0.1) is 12.7 Å². The fourth-order valence-electron chi connectivity index (χ4n) is 1.63. The number of hydrogen-bond donors (Lipinski definition) is 2. The van der Waals surface area contributed by atoms with Crippen LogP contribution in [0, 0.1) is 0 Å². The van der Waals surface area contributed by atoms with Gasteiger partial charge in [0.15, 0.2) is 0 Å². The molecule has 0 radical (unpaired) electrons. The smallest absolute Gasteiger partial charge is 0.325 e. The Morgan fingerprint density at radius 1 is 1.37 bits per heavy atom. The van der Waals surface area contributed by atoms with Crippen LogP contribution < -0.4 is 5.32 Å². The van der Waals surface area contributed by atoms with Crippen LogP contribution in [0.3, 0.4) is 0 Å². The van der Waals surface area contributed by atoms with Crippen molar-refractivity contribution in [2.24, 2.45) is 0 Å². The minimum atomic E-state index is -0.976. The van der Waals surface area contributed by atoms with E-state index in [0.29, 0.717) is 12.1 Å². The zero-order chi connectivity index (χ0) is 14.1. The minimum Gasteiger partial charge on any atom is -0.480 e. The standard InChI is InChI=1S/C12H20N4O3/c1-2-3-4-5-6-11(17)13-7-10-8-16(15-14-10)9-12(18)19/h8H,2-7,9H2,1H3,(H,13,17)(H,18,19). The van der Waals surface area contributed by atoms with Crippen molar-refractivity contribution < 1.29 is 14.7 Å². The van der Waals surface area contributed by atoms with Gasteiger partial charge in [-0.25, -0.2) is 4.68 Å². The number of unbranched alkanes of at least 4 members (excludes halogenated alkanes) is 3. The first-order chi connectivity index (χ1) is 9.11. The summed E-state index contributed by atoms with van der Waals surface area (Å²) in [6, 6.07) is 0. The molecule has 7 heteroatoms. The van der Waals surface area contributed by atoms with Gasteiger partial charge in [-0.3, -0.25) is 9.59 Å². The first-order valence-corrected chi connectivity index (χ1v) is 6.49. The largest absolute Gasteiger partial charge is 0.480 e.